The van der Waals surface area contributed by atoms with Crippen molar-refractivity contribution >= 4 is 17.2 Å². The van der Waals surface area contributed by atoms with Crippen molar-refractivity contribution in [3.8, 4) is 0 Å². The second-order valence-electron chi connectivity index (χ2n) is 6.86. The lowest BCUT2D eigenvalue weighted by molar-refractivity contribution is -0.125. The fourth-order valence-electron chi connectivity index (χ4n) is 3.32. The van der Waals surface area contributed by atoms with Crippen LogP contribution < -0.4 is 16.2 Å². The third kappa shape index (κ3) is 4.12. The summed E-state index contributed by atoms with van der Waals surface area (Å²) in [6, 6.07) is 8.38. The van der Waals surface area contributed by atoms with Gasteiger partial charge in [-0.3, -0.25) is 10.2 Å². The molecular formula is C19H25FN4OS. The van der Waals surface area contributed by atoms with Gasteiger partial charge in [0.1, 0.15) is 5.82 Å². The maximum absolute atomic E-state index is 13.5. The Morgan fingerprint density at radius 3 is 2.88 bits per heavy atom. The fraction of sp³-hybridized carbons (Fsp3) is 0.421. The summed E-state index contributed by atoms with van der Waals surface area (Å²) in [5.41, 5.74) is 8.13. The SMILES string of the molecule is Cc1ccsc1C(CNC(=O)C1CNNC1c1cccc(F)c1)N(C)C. The lowest BCUT2D eigenvalue weighted by atomic mass is 9.94. The molecule has 0 bridgehead atoms. The number of hydrogen-bond donors (Lipinski definition) is 3. The Morgan fingerprint density at radius 1 is 1.42 bits per heavy atom. The van der Waals surface area contributed by atoms with E-state index in [2.05, 4.69) is 39.4 Å². The summed E-state index contributed by atoms with van der Waals surface area (Å²) in [6.07, 6.45) is 0. The number of benzene rings is 1. The lowest BCUT2D eigenvalue weighted by Gasteiger charge is -2.26. The highest BCUT2D eigenvalue weighted by Crippen LogP contribution is 2.28. The molecule has 3 unspecified atom stereocenters. The number of rotatable bonds is 6. The van der Waals surface area contributed by atoms with Crippen molar-refractivity contribution in [3.63, 3.8) is 0 Å². The normalized spacial score (nSPS) is 21.1. The molecule has 1 saturated heterocycles. The molecular weight excluding hydrogens is 351 g/mol. The maximum Gasteiger partial charge on any atom is 0.226 e. The van der Waals surface area contributed by atoms with E-state index in [-0.39, 0.29) is 29.7 Å². The summed E-state index contributed by atoms with van der Waals surface area (Å²) in [5, 5.41) is 5.17. The third-order valence-corrected chi connectivity index (χ3v) is 5.94. The zero-order chi connectivity index (χ0) is 18.7. The molecule has 1 amide bonds. The molecule has 3 rings (SSSR count). The highest BCUT2D eigenvalue weighted by atomic mass is 32.1. The van der Waals surface area contributed by atoms with Crippen LogP contribution in [0.2, 0.25) is 0 Å². The Balaban J connectivity index is 1.68. The van der Waals surface area contributed by atoms with Crippen LogP contribution in [0.15, 0.2) is 35.7 Å². The largest absolute Gasteiger partial charge is 0.354 e. The van der Waals surface area contributed by atoms with Crippen LogP contribution in [0.5, 0.6) is 0 Å². The third-order valence-electron chi connectivity index (χ3n) is 4.82. The van der Waals surface area contributed by atoms with Crippen LogP contribution in [-0.4, -0.2) is 38.0 Å². The summed E-state index contributed by atoms with van der Waals surface area (Å²) >= 11 is 1.71. The van der Waals surface area contributed by atoms with Crippen LogP contribution in [0.4, 0.5) is 4.39 Å². The molecule has 1 aliphatic heterocycles. The smallest absolute Gasteiger partial charge is 0.226 e. The number of aryl methyl sites for hydroxylation is 1. The number of halogens is 1. The minimum absolute atomic E-state index is 0.0298. The number of nitrogens with one attached hydrogen (secondary N) is 3. The number of carbonyl (C=O) groups excluding carboxylic acids is 1. The highest BCUT2D eigenvalue weighted by Gasteiger charge is 2.34. The van der Waals surface area contributed by atoms with Gasteiger partial charge in [0, 0.05) is 18.0 Å². The number of hydrogen-bond acceptors (Lipinski definition) is 5. The quantitative estimate of drug-likeness (QED) is 0.725. The second kappa shape index (κ2) is 8.26. The number of carbonyl (C=O) groups is 1. The van der Waals surface area contributed by atoms with Crippen LogP contribution in [0, 0.1) is 18.7 Å². The van der Waals surface area contributed by atoms with E-state index in [1.165, 1.54) is 22.6 Å². The number of likely N-dealkylation sites (N-methyl/N-ethyl adjacent to an activating group) is 1. The van der Waals surface area contributed by atoms with Crippen LogP contribution in [0.25, 0.3) is 0 Å². The van der Waals surface area contributed by atoms with Crippen molar-refractivity contribution in [2.75, 3.05) is 27.2 Å². The number of nitrogens with zero attached hydrogens (tertiary/aromatic N) is 1. The van der Waals surface area contributed by atoms with Gasteiger partial charge in [0.25, 0.3) is 0 Å². The molecule has 7 heteroatoms. The molecule has 5 nitrogen and oxygen atoms in total. The van der Waals surface area contributed by atoms with Crippen molar-refractivity contribution in [3.05, 3.63) is 57.5 Å². The fourth-order valence-corrected chi connectivity index (χ4v) is 4.44. The lowest BCUT2D eigenvalue weighted by Crippen LogP contribution is -2.39. The molecule has 0 radical (unpaired) electrons. The van der Waals surface area contributed by atoms with Gasteiger partial charge in [0.15, 0.2) is 0 Å². The predicted octanol–water partition coefficient (Wildman–Crippen LogP) is 2.38. The summed E-state index contributed by atoms with van der Waals surface area (Å²) < 4.78 is 13.5. The van der Waals surface area contributed by atoms with Crippen LogP contribution >= 0.6 is 11.3 Å². The van der Waals surface area contributed by atoms with Crippen molar-refractivity contribution in [1.29, 1.82) is 0 Å². The van der Waals surface area contributed by atoms with E-state index in [1.807, 2.05) is 20.2 Å². The van der Waals surface area contributed by atoms with Crippen molar-refractivity contribution in [2.24, 2.45) is 5.92 Å². The zero-order valence-electron chi connectivity index (χ0n) is 15.3. The first-order chi connectivity index (χ1) is 12.5. The molecule has 2 aromatic rings. The number of amides is 1. The molecule has 1 aromatic heterocycles. The van der Waals surface area contributed by atoms with Crippen molar-refractivity contribution in [1.82, 2.24) is 21.1 Å². The molecule has 26 heavy (non-hydrogen) atoms. The first-order valence-electron chi connectivity index (χ1n) is 8.69. The van der Waals surface area contributed by atoms with Crippen molar-refractivity contribution in [2.45, 2.75) is 19.0 Å². The molecule has 0 aliphatic carbocycles. The second-order valence-corrected chi connectivity index (χ2v) is 7.80. The van der Waals surface area contributed by atoms with E-state index >= 15 is 0 Å². The average molecular weight is 377 g/mol. The van der Waals surface area contributed by atoms with Gasteiger partial charge < -0.3 is 10.2 Å². The van der Waals surface area contributed by atoms with Crippen LogP contribution in [0.3, 0.4) is 0 Å². The van der Waals surface area contributed by atoms with E-state index in [0.717, 1.165) is 5.56 Å². The Morgan fingerprint density at radius 2 is 2.23 bits per heavy atom. The first kappa shape index (κ1) is 19.0. The van der Waals surface area contributed by atoms with Gasteiger partial charge in [-0.15, -0.1) is 11.3 Å². The average Bonchev–Trinajstić information content (AvgIpc) is 3.24. The van der Waals surface area contributed by atoms with Gasteiger partial charge in [-0.2, -0.15) is 0 Å². The summed E-state index contributed by atoms with van der Waals surface area (Å²) in [7, 11) is 4.04. The van der Waals surface area contributed by atoms with Crippen LogP contribution in [-0.2, 0) is 4.79 Å². The highest BCUT2D eigenvalue weighted by molar-refractivity contribution is 7.10. The number of thiophene rings is 1. The summed E-state index contributed by atoms with van der Waals surface area (Å²) in [5.74, 6) is -0.613. The Kier molecular flexibility index (Phi) is 6.03. The molecule has 140 valence electrons. The topological polar surface area (TPSA) is 56.4 Å². The van der Waals surface area contributed by atoms with Gasteiger partial charge in [-0.25, -0.2) is 9.82 Å². The molecule has 0 spiro atoms. The van der Waals surface area contributed by atoms with E-state index in [0.29, 0.717) is 13.1 Å². The minimum Gasteiger partial charge on any atom is -0.354 e. The molecule has 1 fully saturated rings. The van der Waals surface area contributed by atoms with E-state index in [4.69, 9.17) is 0 Å². The van der Waals surface area contributed by atoms with Gasteiger partial charge in [-0.05, 0) is 55.7 Å². The van der Waals surface area contributed by atoms with Crippen LogP contribution in [0.1, 0.15) is 28.1 Å². The summed E-state index contributed by atoms with van der Waals surface area (Å²) in [6.45, 7) is 3.15. The Labute approximate surface area is 157 Å². The minimum atomic E-state index is -0.295. The van der Waals surface area contributed by atoms with E-state index < -0.39 is 0 Å². The molecule has 2 heterocycles. The monoisotopic (exact) mass is 376 g/mol. The van der Waals surface area contributed by atoms with Gasteiger partial charge in [0.2, 0.25) is 5.91 Å². The zero-order valence-corrected chi connectivity index (χ0v) is 16.1. The Hall–Kier alpha value is -1.80. The molecule has 0 saturated carbocycles. The van der Waals surface area contributed by atoms with Gasteiger partial charge in [0.05, 0.1) is 18.0 Å². The van der Waals surface area contributed by atoms with Crippen molar-refractivity contribution < 1.29 is 9.18 Å². The first-order valence-corrected chi connectivity index (χ1v) is 9.57. The standard InChI is InChI=1S/C19H25FN4OS/c1-12-7-8-26-18(12)16(24(2)3)11-21-19(25)15-10-22-23-17(15)13-5-4-6-14(20)9-13/h4-9,15-17,22-23H,10-11H2,1-3H3,(H,21,25). The predicted molar refractivity (Wildman–Crippen MR) is 102 cm³/mol. The molecule has 1 aromatic carbocycles. The van der Waals surface area contributed by atoms with E-state index in [1.54, 1.807) is 17.4 Å². The molecule has 3 N–H and O–H groups in total. The van der Waals surface area contributed by atoms with E-state index in [9.17, 15) is 9.18 Å². The Bertz CT molecular complexity index is 764. The molecule has 1 aliphatic rings. The molecule has 3 atom stereocenters. The van der Waals surface area contributed by atoms with Gasteiger partial charge >= 0.3 is 0 Å². The summed E-state index contributed by atoms with van der Waals surface area (Å²) in [4.78, 5) is 16.2. The number of hydrazine groups is 1. The van der Waals surface area contributed by atoms with Gasteiger partial charge in [-0.1, -0.05) is 12.1 Å². The maximum atomic E-state index is 13.5.